The molecule has 0 aliphatic heterocycles. The van der Waals surface area contributed by atoms with Gasteiger partial charge in [0.05, 0.1) is 11.5 Å². The van der Waals surface area contributed by atoms with E-state index in [-0.39, 0.29) is 17.4 Å². The van der Waals surface area contributed by atoms with E-state index in [4.69, 9.17) is 10.5 Å². The number of nitrogens with one attached hydrogen (secondary N) is 1. The Hall–Kier alpha value is -2.19. The lowest BCUT2D eigenvalue weighted by atomic mass is 10.2. The van der Waals surface area contributed by atoms with Gasteiger partial charge in [0.25, 0.3) is 10.0 Å². The number of nitrogens with zero attached hydrogens (tertiary/aromatic N) is 2. The average molecular weight is 308 g/mol. The summed E-state index contributed by atoms with van der Waals surface area (Å²) in [6, 6.07) is 6.12. The molecule has 0 saturated carbocycles. The average Bonchev–Trinajstić information content (AvgIpc) is 2.48. The molecule has 2 rings (SSSR count). The van der Waals surface area contributed by atoms with Crippen LogP contribution in [0.1, 0.15) is 12.5 Å². The first-order valence-electron chi connectivity index (χ1n) is 6.32. The van der Waals surface area contributed by atoms with Crippen LogP contribution in [0.5, 0.6) is 5.75 Å². The summed E-state index contributed by atoms with van der Waals surface area (Å²) in [6.45, 7) is 2.51. The van der Waals surface area contributed by atoms with Crippen molar-refractivity contribution < 1.29 is 13.2 Å². The molecule has 0 spiro atoms. The Balaban J connectivity index is 2.32. The highest BCUT2D eigenvalue weighted by molar-refractivity contribution is 7.92. The molecule has 1 aromatic heterocycles. The van der Waals surface area contributed by atoms with Crippen molar-refractivity contribution in [1.82, 2.24) is 9.97 Å². The predicted octanol–water partition coefficient (Wildman–Crippen LogP) is 1.13. The molecule has 7 nitrogen and oxygen atoms in total. The fourth-order valence-corrected chi connectivity index (χ4v) is 2.72. The van der Waals surface area contributed by atoms with Crippen LogP contribution in [0.3, 0.4) is 0 Å². The van der Waals surface area contributed by atoms with Crippen LogP contribution in [0.2, 0.25) is 0 Å². The summed E-state index contributed by atoms with van der Waals surface area (Å²) in [5.41, 5.74) is 6.24. The van der Waals surface area contributed by atoms with Crippen LogP contribution in [-0.4, -0.2) is 25.0 Å². The third kappa shape index (κ3) is 3.67. The number of hydrogen-bond acceptors (Lipinski definition) is 6. The molecule has 0 saturated heterocycles. The largest absolute Gasteiger partial charge is 0.494 e. The maximum Gasteiger partial charge on any atom is 0.264 e. The minimum Gasteiger partial charge on any atom is -0.494 e. The van der Waals surface area contributed by atoms with Gasteiger partial charge in [-0.25, -0.2) is 23.1 Å². The van der Waals surface area contributed by atoms with E-state index in [2.05, 4.69) is 14.7 Å². The van der Waals surface area contributed by atoms with E-state index >= 15 is 0 Å². The number of sulfonamides is 1. The van der Waals surface area contributed by atoms with Gasteiger partial charge in [0.15, 0.2) is 0 Å². The van der Waals surface area contributed by atoms with Gasteiger partial charge in [-0.15, -0.1) is 0 Å². The summed E-state index contributed by atoms with van der Waals surface area (Å²) in [4.78, 5) is 7.74. The first kappa shape index (κ1) is 15.2. The van der Waals surface area contributed by atoms with Crippen molar-refractivity contribution >= 4 is 16.0 Å². The predicted molar refractivity (Wildman–Crippen MR) is 78.3 cm³/mol. The Labute approximate surface area is 123 Å². The Bertz CT molecular complexity index is 705. The van der Waals surface area contributed by atoms with Gasteiger partial charge >= 0.3 is 0 Å². The summed E-state index contributed by atoms with van der Waals surface area (Å²) in [7, 11) is -3.76. The zero-order chi connectivity index (χ0) is 15.3. The number of hydrogen-bond donors (Lipinski definition) is 2. The molecule has 0 bridgehead atoms. The van der Waals surface area contributed by atoms with Crippen molar-refractivity contribution in [3.8, 4) is 5.75 Å². The van der Waals surface area contributed by atoms with E-state index in [9.17, 15) is 8.42 Å². The molecule has 0 aliphatic carbocycles. The van der Waals surface area contributed by atoms with Crippen molar-refractivity contribution in [3.05, 3.63) is 42.2 Å². The third-order valence-corrected chi connectivity index (χ3v) is 3.98. The van der Waals surface area contributed by atoms with Gasteiger partial charge in [-0.05, 0) is 31.2 Å². The molecule has 2 aromatic rings. The molecule has 0 fully saturated rings. The molecule has 0 atom stereocenters. The number of rotatable bonds is 6. The van der Waals surface area contributed by atoms with Crippen LogP contribution in [0.25, 0.3) is 0 Å². The second kappa shape index (κ2) is 6.51. The Morgan fingerprint density at radius 1 is 1.29 bits per heavy atom. The minimum absolute atomic E-state index is 0.0145. The molecule has 8 heteroatoms. The second-order valence-electron chi connectivity index (χ2n) is 4.08. The number of nitrogens with two attached hydrogens (primary N) is 1. The quantitative estimate of drug-likeness (QED) is 0.828. The summed E-state index contributed by atoms with van der Waals surface area (Å²) >= 11 is 0. The number of ether oxygens (including phenoxy) is 1. The van der Waals surface area contributed by atoms with Crippen molar-refractivity contribution in [2.75, 3.05) is 11.3 Å². The Morgan fingerprint density at radius 2 is 2.00 bits per heavy atom. The van der Waals surface area contributed by atoms with Gasteiger partial charge in [0, 0.05) is 24.5 Å². The molecule has 112 valence electrons. The smallest absolute Gasteiger partial charge is 0.264 e. The van der Waals surface area contributed by atoms with Crippen LogP contribution < -0.4 is 15.2 Å². The third-order valence-electron chi connectivity index (χ3n) is 2.65. The first-order chi connectivity index (χ1) is 10.1. The molecule has 1 heterocycles. The van der Waals surface area contributed by atoms with E-state index in [1.54, 1.807) is 12.1 Å². The molecule has 3 N–H and O–H groups in total. The fraction of sp³-hybridized carbons (Fsp3) is 0.231. The summed E-state index contributed by atoms with van der Waals surface area (Å²) < 4.78 is 32.2. The molecule has 0 amide bonds. The van der Waals surface area contributed by atoms with Gasteiger partial charge in [-0.3, -0.25) is 0 Å². The lowest BCUT2D eigenvalue weighted by Gasteiger charge is -2.11. The second-order valence-corrected chi connectivity index (χ2v) is 5.77. The normalized spacial score (nSPS) is 11.1. The van der Waals surface area contributed by atoms with Crippen LogP contribution in [-0.2, 0) is 16.6 Å². The maximum atomic E-state index is 12.3. The fourth-order valence-electron chi connectivity index (χ4n) is 1.71. The molecule has 0 aliphatic rings. The molecular formula is C13H16N4O3S. The first-order valence-corrected chi connectivity index (χ1v) is 7.80. The molecule has 0 unspecified atom stereocenters. The van der Waals surface area contributed by atoms with Crippen LogP contribution in [0.4, 0.5) is 5.95 Å². The topological polar surface area (TPSA) is 107 Å². The molecule has 0 radical (unpaired) electrons. The van der Waals surface area contributed by atoms with Gasteiger partial charge in [-0.2, -0.15) is 0 Å². The maximum absolute atomic E-state index is 12.3. The van der Waals surface area contributed by atoms with E-state index < -0.39 is 10.0 Å². The van der Waals surface area contributed by atoms with E-state index in [1.165, 1.54) is 24.5 Å². The molecule has 1 aromatic carbocycles. The van der Waals surface area contributed by atoms with Gasteiger partial charge in [-0.1, -0.05) is 0 Å². The van der Waals surface area contributed by atoms with Crippen LogP contribution in [0.15, 0.2) is 41.6 Å². The zero-order valence-electron chi connectivity index (χ0n) is 11.5. The van der Waals surface area contributed by atoms with Crippen molar-refractivity contribution in [2.45, 2.75) is 18.4 Å². The van der Waals surface area contributed by atoms with Gasteiger partial charge in [0.2, 0.25) is 5.95 Å². The van der Waals surface area contributed by atoms with Crippen LogP contribution in [0, 0.1) is 0 Å². The highest BCUT2D eigenvalue weighted by atomic mass is 32.2. The molecule has 21 heavy (non-hydrogen) atoms. The number of aromatic nitrogens is 2. The Morgan fingerprint density at radius 3 is 2.62 bits per heavy atom. The van der Waals surface area contributed by atoms with Crippen molar-refractivity contribution in [3.63, 3.8) is 0 Å². The van der Waals surface area contributed by atoms with Gasteiger partial charge < -0.3 is 10.5 Å². The Kier molecular flexibility index (Phi) is 4.71. The SMILES string of the molecule is CCOc1ccc(S(=O)(=O)Nc2ncccn2)cc1CN. The lowest BCUT2D eigenvalue weighted by Crippen LogP contribution is -2.15. The highest BCUT2D eigenvalue weighted by Gasteiger charge is 2.17. The number of anilines is 1. The van der Waals surface area contributed by atoms with Crippen molar-refractivity contribution in [1.29, 1.82) is 0 Å². The standard InChI is InChI=1S/C13H16N4O3S/c1-2-20-12-5-4-11(8-10(12)9-14)21(18,19)17-13-15-6-3-7-16-13/h3-8H,2,9,14H2,1H3,(H,15,16,17). The molecular weight excluding hydrogens is 292 g/mol. The summed E-state index contributed by atoms with van der Waals surface area (Å²) in [5.74, 6) is 0.593. The summed E-state index contributed by atoms with van der Waals surface area (Å²) in [6.07, 6.45) is 2.91. The van der Waals surface area contributed by atoms with E-state index in [0.717, 1.165) is 0 Å². The van der Waals surface area contributed by atoms with E-state index in [0.29, 0.717) is 17.9 Å². The minimum atomic E-state index is -3.76. The number of benzene rings is 1. The van der Waals surface area contributed by atoms with Crippen LogP contribution >= 0.6 is 0 Å². The highest BCUT2D eigenvalue weighted by Crippen LogP contribution is 2.23. The van der Waals surface area contributed by atoms with E-state index in [1.807, 2.05) is 6.92 Å². The summed E-state index contributed by atoms with van der Waals surface area (Å²) in [5, 5.41) is 0. The van der Waals surface area contributed by atoms with Crippen molar-refractivity contribution in [2.24, 2.45) is 5.73 Å². The monoisotopic (exact) mass is 308 g/mol. The zero-order valence-corrected chi connectivity index (χ0v) is 12.3. The van der Waals surface area contributed by atoms with Gasteiger partial charge in [0.1, 0.15) is 5.75 Å². The lowest BCUT2D eigenvalue weighted by molar-refractivity contribution is 0.336.